The molecule has 1 saturated heterocycles. The summed E-state index contributed by atoms with van der Waals surface area (Å²) in [7, 11) is 3.33. The summed E-state index contributed by atoms with van der Waals surface area (Å²) < 4.78 is 16.6. The van der Waals surface area contributed by atoms with Gasteiger partial charge in [-0.3, -0.25) is 4.90 Å². The monoisotopic (exact) mass is 357 g/mol. The Balaban J connectivity index is 1.80. The van der Waals surface area contributed by atoms with Gasteiger partial charge in [-0.1, -0.05) is 18.2 Å². The van der Waals surface area contributed by atoms with E-state index < -0.39 is 0 Å². The van der Waals surface area contributed by atoms with Crippen LogP contribution in [-0.4, -0.2) is 43.5 Å². The Hall–Kier alpha value is -2.24. The van der Waals surface area contributed by atoms with Crippen molar-refractivity contribution in [2.45, 2.75) is 32.0 Å². The van der Waals surface area contributed by atoms with Gasteiger partial charge >= 0.3 is 0 Å². The third-order valence-electron chi connectivity index (χ3n) is 4.75. The minimum Gasteiger partial charge on any atom is -0.508 e. The highest BCUT2D eigenvalue weighted by molar-refractivity contribution is 5.39. The number of benzene rings is 2. The van der Waals surface area contributed by atoms with Gasteiger partial charge < -0.3 is 19.3 Å². The molecule has 2 aromatic carbocycles. The van der Waals surface area contributed by atoms with E-state index in [1.807, 2.05) is 24.3 Å². The highest BCUT2D eigenvalue weighted by atomic mass is 16.5. The molecule has 1 heterocycles. The Bertz CT molecular complexity index is 713. The number of aromatic hydroxyl groups is 1. The van der Waals surface area contributed by atoms with Gasteiger partial charge in [-0.15, -0.1) is 0 Å². The summed E-state index contributed by atoms with van der Waals surface area (Å²) in [6.07, 6.45) is 2.42. The molecular formula is C21H27NO4. The molecule has 0 bridgehead atoms. The van der Waals surface area contributed by atoms with Crippen LogP contribution in [0, 0.1) is 0 Å². The lowest BCUT2D eigenvalue weighted by atomic mass is 10.1. The molecule has 0 amide bonds. The number of para-hydroxylation sites is 1. The fourth-order valence-electron chi connectivity index (χ4n) is 3.39. The van der Waals surface area contributed by atoms with Gasteiger partial charge in [0, 0.05) is 37.4 Å². The van der Waals surface area contributed by atoms with Gasteiger partial charge in [0.1, 0.15) is 17.2 Å². The molecule has 1 aliphatic heterocycles. The van der Waals surface area contributed by atoms with Gasteiger partial charge in [0.2, 0.25) is 0 Å². The number of rotatable bonds is 8. The lowest BCUT2D eigenvalue weighted by molar-refractivity contribution is 0.0673. The second kappa shape index (κ2) is 8.92. The van der Waals surface area contributed by atoms with Gasteiger partial charge in [0.05, 0.1) is 20.3 Å². The van der Waals surface area contributed by atoms with E-state index in [1.54, 1.807) is 26.4 Å². The van der Waals surface area contributed by atoms with E-state index in [0.717, 1.165) is 55.2 Å². The Morgan fingerprint density at radius 1 is 1.08 bits per heavy atom. The highest BCUT2D eigenvalue weighted by Gasteiger charge is 2.21. The molecule has 0 saturated carbocycles. The van der Waals surface area contributed by atoms with Crippen LogP contribution in [0.4, 0.5) is 0 Å². The van der Waals surface area contributed by atoms with Crippen LogP contribution in [0.1, 0.15) is 24.0 Å². The summed E-state index contributed by atoms with van der Waals surface area (Å²) in [5.41, 5.74) is 1.97. The number of phenolic OH excluding ortho intramolecular Hbond substituents is 1. The third-order valence-corrected chi connectivity index (χ3v) is 4.75. The molecule has 1 fully saturated rings. The minimum absolute atomic E-state index is 0.234. The van der Waals surface area contributed by atoms with E-state index in [9.17, 15) is 5.11 Å². The van der Waals surface area contributed by atoms with Crippen LogP contribution in [0.2, 0.25) is 0 Å². The zero-order chi connectivity index (χ0) is 18.4. The molecule has 5 nitrogen and oxygen atoms in total. The van der Waals surface area contributed by atoms with E-state index in [0.29, 0.717) is 6.54 Å². The Labute approximate surface area is 155 Å². The molecule has 2 aromatic rings. The quantitative estimate of drug-likeness (QED) is 0.782. The first-order chi connectivity index (χ1) is 12.7. The summed E-state index contributed by atoms with van der Waals surface area (Å²) in [5, 5.41) is 10.3. The average Bonchev–Trinajstić information content (AvgIpc) is 3.17. The third kappa shape index (κ3) is 4.68. The van der Waals surface area contributed by atoms with E-state index >= 15 is 0 Å². The molecule has 26 heavy (non-hydrogen) atoms. The molecule has 0 aliphatic carbocycles. The van der Waals surface area contributed by atoms with Gasteiger partial charge in [0.15, 0.2) is 0 Å². The maximum atomic E-state index is 10.3. The fraction of sp³-hybridized carbons (Fsp3) is 0.429. The van der Waals surface area contributed by atoms with Crippen molar-refractivity contribution < 1.29 is 19.3 Å². The maximum absolute atomic E-state index is 10.3. The number of phenols is 1. The number of nitrogens with zero attached hydrogens (tertiary/aromatic N) is 1. The molecule has 1 aliphatic rings. The van der Waals surface area contributed by atoms with E-state index in [4.69, 9.17) is 14.2 Å². The van der Waals surface area contributed by atoms with Gasteiger partial charge in [-0.25, -0.2) is 0 Å². The second-order valence-corrected chi connectivity index (χ2v) is 6.61. The first-order valence-electron chi connectivity index (χ1n) is 9.01. The molecule has 0 aromatic heterocycles. The average molecular weight is 357 g/mol. The topological polar surface area (TPSA) is 51.2 Å². The van der Waals surface area contributed by atoms with E-state index in [2.05, 4.69) is 11.0 Å². The van der Waals surface area contributed by atoms with Crippen molar-refractivity contribution in [3.8, 4) is 17.2 Å². The SMILES string of the molecule is COc1ccc(O)c(CN(Cc2ccccc2OC)C[C@@H]2CCCO2)c1. The van der Waals surface area contributed by atoms with Crippen LogP contribution >= 0.6 is 0 Å². The first-order valence-corrected chi connectivity index (χ1v) is 9.01. The van der Waals surface area contributed by atoms with Crippen molar-refractivity contribution in [2.75, 3.05) is 27.4 Å². The molecule has 0 radical (unpaired) electrons. The highest BCUT2D eigenvalue weighted by Crippen LogP contribution is 2.27. The zero-order valence-corrected chi connectivity index (χ0v) is 15.5. The summed E-state index contributed by atoms with van der Waals surface area (Å²) in [4.78, 5) is 2.29. The summed E-state index contributed by atoms with van der Waals surface area (Å²) in [6, 6.07) is 13.4. The Morgan fingerprint density at radius 2 is 1.88 bits per heavy atom. The van der Waals surface area contributed by atoms with Crippen molar-refractivity contribution in [3.63, 3.8) is 0 Å². The molecule has 0 spiro atoms. The van der Waals surface area contributed by atoms with Crippen LogP contribution in [-0.2, 0) is 17.8 Å². The molecular weight excluding hydrogens is 330 g/mol. The molecule has 1 N–H and O–H groups in total. The number of hydrogen-bond acceptors (Lipinski definition) is 5. The van der Waals surface area contributed by atoms with Crippen LogP contribution in [0.25, 0.3) is 0 Å². The first kappa shape index (κ1) is 18.5. The molecule has 1 atom stereocenters. The van der Waals surface area contributed by atoms with Gasteiger partial charge in [-0.2, -0.15) is 0 Å². The molecule has 0 unspecified atom stereocenters. The van der Waals surface area contributed by atoms with Crippen LogP contribution in [0.15, 0.2) is 42.5 Å². The maximum Gasteiger partial charge on any atom is 0.123 e. The second-order valence-electron chi connectivity index (χ2n) is 6.61. The van der Waals surface area contributed by atoms with Crippen molar-refractivity contribution >= 4 is 0 Å². The normalized spacial score (nSPS) is 16.8. The summed E-state index contributed by atoms with van der Waals surface area (Å²) >= 11 is 0. The van der Waals surface area contributed by atoms with Crippen LogP contribution in [0.5, 0.6) is 17.2 Å². The Morgan fingerprint density at radius 3 is 2.62 bits per heavy atom. The zero-order valence-electron chi connectivity index (χ0n) is 15.5. The van der Waals surface area contributed by atoms with Crippen molar-refractivity contribution in [1.29, 1.82) is 0 Å². The van der Waals surface area contributed by atoms with Crippen molar-refractivity contribution in [3.05, 3.63) is 53.6 Å². The van der Waals surface area contributed by atoms with Crippen LogP contribution < -0.4 is 9.47 Å². The standard InChI is InChI=1S/C21H27NO4/c1-24-18-9-10-20(23)17(12-18)14-22(15-19-7-5-11-26-19)13-16-6-3-4-8-21(16)25-2/h3-4,6,8-10,12,19,23H,5,7,11,13-15H2,1-2H3/t19-/m0/s1. The van der Waals surface area contributed by atoms with Crippen molar-refractivity contribution in [1.82, 2.24) is 4.90 Å². The van der Waals surface area contributed by atoms with Crippen LogP contribution in [0.3, 0.4) is 0 Å². The summed E-state index contributed by atoms with van der Waals surface area (Å²) in [5.74, 6) is 1.90. The predicted octanol–water partition coefficient (Wildman–Crippen LogP) is 3.59. The molecule has 3 rings (SSSR count). The molecule has 5 heteroatoms. The van der Waals surface area contributed by atoms with E-state index in [1.165, 1.54) is 0 Å². The van der Waals surface area contributed by atoms with Gasteiger partial charge in [0.25, 0.3) is 0 Å². The smallest absolute Gasteiger partial charge is 0.123 e. The van der Waals surface area contributed by atoms with E-state index in [-0.39, 0.29) is 11.9 Å². The predicted molar refractivity (Wildman–Crippen MR) is 101 cm³/mol. The largest absolute Gasteiger partial charge is 0.508 e. The summed E-state index contributed by atoms with van der Waals surface area (Å²) in [6.45, 7) is 2.98. The number of hydrogen-bond donors (Lipinski definition) is 1. The minimum atomic E-state index is 0.234. The Kier molecular flexibility index (Phi) is 6.36. The lowest BCUT2D eigenvalue weighted by Crippen LogP contribution is -2.31. The number of methoxy groups -OCH3 is 2. The fourth-order valence-corrected chi connectivity index (χ4v) is 3.39. The van der Waals surface area contributed by atoms with Gasteiger partial charge in [-0.05, 0) is 37.1 Å². The van der Waals surface area contributed by atoms with Crippen molar-refractivity contribution in [2.24, 2.45) is 0 Å². The number of ether oxygens (including phenoxy) is 3. The molecule has 140 valence electrons. The lowest BCUT2D eigenvalue weighted by Gasteiger charge is -2.26.